The van der Waals surface area contributed by atoms with Crippen molar-refractivity contribution in [3.05, 3.63) is 62.0 Å². The summed E-state index contributed by atoms with van der Waals surface area (Å²) in [6, 6.07) is 11.4. The van der Waals surface area contributed by atoms with Crippen LogP contribution in [-0.4, -0.2) is 32.5 Å². The number of benzene rings is 2. The van der Waals surface area contributed by atoms with Crippen LogP contribution in [0.4, 0.5) is 0 Å². The minimum Gasteiger partial charge on any atom is -0.489 e. The molecule has 3 rings (SSSR count). The maximum atomic E-state index is 6.24. The maximum absolute atomic E-state index is 6.24. The van der Waals surface area contributed by atoms with Crippen LogP contribution < -0.4 is 10.1 Å². The van der Waals surface area contributed by atoms with Gasteiger partial charge >= 0.3 is 0 Å². The lowest BCUT2D eigenvalue weighted by Gasteiger charge is -2.14. The Morgan fingerprint density at radius 1 is 1.17 bits per heavy atom. The summed E-state index contributed by atoms with van der Waals surface area (Å²) in [4.78, 5) is 0. The molecule has 154 valence electrons. The molecule has 0 aliphatic heterocycles. The fourth-order valence-corrected chi connectivity index (χ4v) is 4.21. The summed E-state index contributed by atoms with van der Waals surface area (Å²) in [5.41, 5.74) is 1.97. The molecule has 1 heterocycles. The van der Waals surface area contributed by atoms with E-state index in [1.807, 2.05) is 31.3 Å². The highest BCUT2D eigenvalue weighted by Crippen LogP contribution is 2.26. The average Bonchev–Trinajstić information content (AvgIpc) is 3.10. The fraction of sp³-hybridized carbons (Fsp3) is 0.316. The topological polar surface area (TPSA) is 64.9 Å². The number of ether oxygens (including phenoxy) is 1. The molecule has 1 N–H and O–H groups in total. The summed E-state index contributed by atoms with van der Waals surface area (Å²) in [6.45, 7) is 1.97. The van der Waals surface area contributed by atoms with Crippen molar-refractivity contribution >= 4 is 50.9 Å². The monoisotopic (exact) mass is 515 g/mol. The summed E-state index contributed by atoms with van der Waals surface area (Å²) >= 11 is 17.4. The Hall–Kier alpha value is -1.32. The predicted octanol–water partition coefficient (Wildman–Crippen LogP) is 5.13. The number of halogens is 3. The first-order valence-corrected chi connectivity index (χ1v) is 11.5. The number of hydrogen-bond donors (Lipinski definition) is 1. The predicted molar refractivity (Wildman–Crippen MR) is 121 cm³/mol. The van der Waals surface area contributed by atoms with Crippen LogP contribution in [0, 0.1) is 0 Å². The Kier molecular flexibility index (Phi) is 8.62. The second-order valence-electron chi connectivity index (χ2n) is 6.24. The molecule has 0 saturated heterocycles. The molecule has 0 aliphatic rings. The van der Waals surface area contributed by atoms with Crippen molar-refractivity contribution in [3.63, 3.8) is 0 Å². The molecule has 10 heteroatoms. The number of aromatic nitrogens is 4. The molecule has 1 aromatic heterocycles. The summed E-state index contributed by atoms with van der Waals surface area (Å²) in [6.07, 6.45) is 1.00. The van der Waals surface area contributed by atoms with E-state index in [-0.39, 0.29) is 0 Å². The van der Waals surface area contributed by atoms with E-state index in [0.29, 0.717) is 23.2 Å². The first-order chi connectivity index (χ1) is 14.0. The molecule has 0 spiro atoms. The van der Waals surface area contributed by atoms with E-state index >= 15 is 0 Å². The van der Waals surface area contributed by atoms with Crippen molar-refractivity contribution in [1.29, 1.82) is 0 Å². The Morgan fingerprint density at radius 3 is 2.79 bits per heavy atom. The van der Waals surface area contributed by atoms with Gasteiger partial charge in [-0.2, -0.15) is 0 Å². The molecule has 0 fully saturated rings. The van der Waals surface area contributed by atoms with E-state index in [2.05, 4.69) is 42.8 Å². The third-order valence-electron chi connectivity index (χ3n) is 4.05. The summed E-state index contributed by atoms with van der Waals surface area (Å²) in [7, 11) is 1.84. The van der Waals surface area contributed by atoms with Gasteiger partial charge in [-0.05, 0) is 53.7 Å². The smallest absolute Gasteiger partial charge is 0.209 e. The van der Waals surface area contributed by atoms with Gasteiger partial charge in [0.15, 0.2) is 0 Å². The van der Waals surface area contributed by atoms with Crippen molar-refractivity contribution in [2.75, 3.05) is 12.3 Å². The van der Waals surface area contributed by atoms with E-state index in [9.17, 15) is 0 Å². The third kappa shape index (κ3) is 6.86. The van der Waals surface area contributed by atoms with Crippen molar-refractivity contribution in [2.45, 2.75) is 24.7 Å². The van der Waals surface area contributed by atoms with Gasteiger partial charge in [-0.1, -0.05) is 57.0 Å². The second kappa shape index (κ2) is 11.2. The molecular formula is C19H20BrCl2N5OS. The fourth-order valence-electron chi connectivity index (χ4n) is 2.55. The lowest BCUT2D eigenvalue weighted by Crippen LogP contribution is -2.16. The zero-order valence-corrected chi connectivity index (χ0v) is 19.7. The molecule has 0 unspecified atom stereocenters. The van der Waals surface area contributed by atoms with Gasteiger partial charge in [0.25, 0.3) is 0 Å². The van der Waals surface area contributed by atoms with Crippen LogP contribution in [0.2, 0.25) is 10.0 Å². The molecule has 0 radical (unpaired) electrons. The Balaban J connectivity index is 1.48. The molecule has 0 saturated carbocycles. The van der Waals surface area contributed by atoms with Crippen LogP contribution in [0.3, 0.4) is 0 Å². The van der Waals surface area contributed by atoms with Gasteiger partial charge in [-0.15, -0.1) is 5.10 Å². The van der Waals surface area contributed by atoms with Crippen LogP contribution in [0.15, 0.2) is 46.0 Å². The number of rotatable bonds is 10. The number of nitrogens with zero attached hydrogens (tertiary/aromatic N) is 4. The normalized spacial score (nSPS) is 11.0. The van der Waals surface area contributed by atoms with Crippen molar-refractivity contribution in [1.82, 2.24) is 25.5 Å². The van der Waals surface area contributed by atoms with Gasteiger partial charge in [0.1, 0.15) is 12.4 Å². The Morgan fingerprint density at radius 2 is 2.03 bits per heavy atom. The van der Waals surface area contributed by atoms with E-state index in [0.717, 1.165) is 45.2 Å². The molecule has 3 aromatic rings. The maximum Gasteiger partial charge on any atom is 0.209 e. The van der Waals surface area contributed by atoms with Crippen molar-refractivity contribution < 1.29 is 4.74 Å². The van der Waals surface area contributed by atoms with Crippen molar-refractivity contribution in [3.8, 4) is 5.75 Å². The molecule has 29 heavy (non-hydrogen) atoms. The van der Waals surface area contributed by atoms with E-state index in [1.54, 1.807) is 22.5 Å². The lowest BCUT2D eigenvalue weighted by atomic mass is 10.2. The SMILES string of the molecule is Cn1nnnc1SCCCNCc1cc(Br)ccc1OCc1ccc(Cl)cc1Cl. The van der Waals surface area contributed by atoms with Gasteiger partial charge in [0, 0.05) is 45.0 Å². The van der Waals surface area contributed by atoms with Crippen LogP contribution >= 0.6 is 50.9 Å². The molecule has 6 nitrogen and oxygen atoms in total. The first-order valence-electron chi connectivity index (χ1n) is 8.94. The summed E-state index contributed by atoms with van der Waals surface area (Å²) in [5.74, 6) is 1.77. The third-order valence-corrected chi connectivity index (χ3v) is 6.22. The zero-order chi connectivity index (χ0) is 20.6. The summed E-state index contributed by atoms with van der Waals surface area (Å²) < 4.78 is 8.71. The lowest BCUT2D eigenvalue weighted by molar-refractivity contribution is 0.302. The highest BCUT2D eigenvalue weighted by Gasteiger charge is 2.08. The van der Waals surface area contributed by atoms with Gasteiger partial charge in [0.05, 0.1) is 0 Å². The van der Waals surface area contributed by atoms with E-state index < -0.39 is 0 Å². The number of tetrazole rings is 1. The zero-order valence-electron chi connectivity index (χ0n) is 15.7. The molecule has 0 aliphatic carbocycles. The number of nitrogens with one attached hydrogen (secondary N) is 1. The molecule has 2 aromatic carbocycles. The first kappa shape index (κ1) is 22.4. The second-order valence-corrected chi connectivity index (χ2v) is 9.06. The Bertz CT molecular complexity index is 956. The van der Waals surface area contributed by atoms with E-state index in [1.165, 1.54) is 0 Å². The highest BCUT2D eigenvalue weighted by atomic mass is 79.9. The van der Waals surface area contributed by atoms with Gasteiger partial charge in [-0.25, -0.2) is 4.68 Å². The van der Waals surface area contributed by atoms with Gasteiger partial charge in [-0.3, -0.25) is 0 Å². The van der Waals surface area contributed by atoms with Crippen LogP contribution in [0.25, 0.3) is 0 Å². The van der Waals surface area contributed by atoms with E-state index in [4.69, 9.17) is 27.9 Å². The summed E-state index contributed by atoms with van der Waals surface area (Å²) in [5, 5.41) is 16.9. The molecule has 0 amide bonds. The van der Waals surface area contributed by atoms with Crippen LogP contribution in [0.1, 0.15) is 17.5 Å². The largest absolute Gasteiger partial charge is 0.489 e. The Labute approximate surface area is 192 Å². The number of aryl methyl sites for hydroxylation is 1. The molecule has 0 atom stereocenters. The van der Waals surface area contributed by atoms with Crippen molar-refractivity contribution in [2.24, 2.45) is 7.05 Å². The number of hydrogen-bond acceptors (Lipinski definition) is 6. The van der Waals surface area contributed by atoms with Gasteiger partial charge < -0.3 is 10.1 Å². The van der Waals surface area contributed by atoms with Crippen LogP contribution in [0.5, 0.6) is 5.75 Å². The minimum absolute atomic E-state index is 0.382. The number of thioether (sulfide) groups is 1. The standard InChI is InChI=1S/C19H20BrCl2N5OS/c1-27-19(24-25-26-27)29-8-2-7-23-11-14-9-15(20)4-6-18(14)28-12-13-3-5-16(21)10-17(13)22/h3-6,9-10,23H,2,7-8,11-12H2,1H3. The highest BCUT2D eigenvalue weighted by molar-refractivity contribution is 9.10. The van der Waals surface area contributed by atoms with Gasteiger partial charge in [0.2, 0.25) is 5.16 Å². The quantitative estimate of drug-likeness (QED) is 0.297. The minimum atomic E-state index is 0.382. The molecular weight excluding hydrogens is 497 g/mol. The van der Waals surface area contributed by atoms with Crippen LogP contribution in [-0.2, 0) is 20.2 Å². The average molecular weight is 517 g/mol. The molecule has 0 bridgehead atoms.